The van der Waals surface area contributed by atoms with Crippen LogP contribution in [0.15, 0.2) is 47.5 Å². The Balaban J connectivity index is 1.93. The van der Waals surface area contributed by atoms with Crippen LogP contribution in [0.25, 0.3) is 11.0 Å². The monoisotopic (exact) mass is 433 g/mol. The number of benzene rings is 1. The van der Waals surface area contributed by atoms with Crippen molar-refractivity contribution in [2.24, 2.45) is 0 Å². The number of morpholine rings is 1. The Morgan fingerprint density at radius 1 is 1.21 bits per heavy atom. The predicted octanol–water partition coefficient (Wildman–Crippen LogP) is 2.96. The van der Waals surface area contributed by atoms with Crippen molar-refractivity contribution >= 4 is 38.4 Å². The molecule has 0 amide bonds. The number of aromatic nitrogens is 2. The van der Waals surface area contributed by atoms with E-state index in [0.717, 1.165) is 0 Å². The smallest absolute Gasteiger partial charge is 0.269 e. The summed E-state index contributed by atoms with van der Waals surface area (Å²) in [4.78, 5) is 18.5. The fourth-order valence-corrected chi connectivity index (χ4v) is 5.28. The normalized spacial score (nSPS) is 15.7. The standard InChI is InChI=1S/C20H20ClN3O4S/c1-14(25)18-12-22-20-17(19(18)21)11-15(13-23-7-9-28-10-8-23)24(20)29(26,27)16-5-3-2-4-6-16/h2-6,11-12H,7-10,13H2,1H3. The summed E-state index contributed by atoms with van der Waals surface area (Å²) in [6, 6.07) is 9.92. The van der Waals surface area contributed by atoms with E-state index in [-0.39, 0.29) is 26.9 Å². The summed E-state index contributed by atoms with van der Waals surface area (Å²) in [7, 11) is -3.90. The Bertz CT molecular complexity index is 1170. The van der Waals surface area contributed by atoms with Crippen LogP contribution in [0.3, 0.4) is 0 Å². The SMILES string of the molecule is CC(=O)c1cnc2c(cc(CN3CCOCC3)n2S(=O)(=O)c2ccccc2)c1Cl. The maximum Gasteiger partial charge on any atom is 0.269 e. The first-order valence-electron chi connectivity index (χ1n) is 9.20. The quantitative estimate of drug-likeness (QED) is 0.575. The van der Waals surface area contributed by atoms with E-state index in [1.807, 2.05) is 0 Å². The molecule has 0 N–H and O–H groups in total. The highest BCUT2D eigenvalue weighted by atomic mass is 35.5. The maximum atomic E-state index is 13.5. The van der Waals surface area contributed by atoms with E-state index < -0.39 is 10.0 Å². The van der Waals surface area contributed by atoms with E-state index in [4.69, 9.17) is 16.3 Å². The van der Waals surface area contributed by atoms with Crippen molar-refractivity contribution in [2.75, 3.05) is 26.3 Å². The second-order valence-electron chi connectivity index (χ2n) is 6.89. The molecule has 9 heteroatoms. The molecule has 0 saturated carbocycles. The van der Waals surface area contributed by atoms with Gasteiger partial charge in [0.25, 0.3) is 10.0 Å². The Morgan fingerprint density at radius 3 is 2.55 bits per heavy atom. The van der Waals surface area contributed by atoms with Crippen LogP contribution >= 0.6 is 11.6 Å². The van der Waals surface area contributed by atoms with Crippen LogP contribution in [0.2, 0.25) is 5.02 Å². The summed E-state index contributed by atoms with van der Waals surface area (Å²) in [6.07, 6.45) is 1.34. The molecule has 29 heavy (non-hydrogen) atoms. The van der Waals surface area contributed by atoms with E-state index in [2.05, 4.69) is 9.88 Å². The third kappa shape index (κ3) is 3.69. The first-order chi connectivity index (χ1) is 13.9. The fourth-order valence-electron chi connectivity index (χ4n) is 3.46. The Kier molecular flexibility index (Phi) is 5.44. The van der Waals surface area contributed by atoms with Gasteiger partial charge in [-0.05, 0) is 25.1 Å². The Labute approximate surface area is 173 Å². The number of Topliss-reactive ketones (excluding diaryl/α,β-unsaturated/α-hetero) is 1. The molecule has 2 aromatic heterocycles. The van der Waals surface area contributed by atoms with Gasteiger partial charge in [-0.25, -0.2) is 17.4 Å². The lowest BCUT2D eigenvalue weighted by Crippen LogP contribution is -2.36. The van der Waals surface area contributed by atoms with Crippen LogP contribution < -0.4 is 0 Å². The van der Waals surface area contributed by atoms with Crippen molar-refractivity contribution < 1.29 is 17.9 Å². The van der Waals surface area contributed by atoms with Gasteiger partial charge in [-0.1, -0.05) is 29.8 Å². The molecule has 7 nitrogen and oxygen atoms in total. The summed E-state index contributed by atoms with van der Waals surface area (Å²) in [5.74, 6) is -0.224. The highest BCUT2D eigenvalue weighted by Gasteiger charge is 2.27. The minimum atomic E-state index is -3.90. The minimum Gasteiger partial charge on any atom is -0.379 e. The Morgan fingerprint density at radius 2 is 1.90 bits per heavy atom. The van der Waals surface area contributed by atoms with E-state index >= 15 is 0 Å². The van der Waals surface area contributed by atoms with E-state index in [1.165, 1.54) is 17.1 Å². The zero-order valence-electron chi connectivity index (χ0n) is 15.8. The van der Waals surface area contributed by atoms with Crippen molar-refractivity contribution in [1.29, 1.82) is 0 Å². The zero-order chi connectivity index (χ0) is 20.6. The average molecular weight is 434 g/mol. The molecular weight excluding hydrogens is 414 g/mol. The lowest BCUT2D eigenvalue weighted by atomic mass is 10.2. The number of pyridine rings is 1. The summed E-state index contributed by atoms with van der Waals surface area (Å²) >= 11 is 6.46. The van der Waals surface area contributed by atoms with E-state index in [9.17, 15) is 13.2 Å². The van der Waals surface area contributed by atoms with Crippen molar-refractivity contribution in [3.8, 4) is 0 Å². The number of ketones is 1. The number of ether oxygens (including phenoxy) is 1. The van der Waals surface area contributed by atoms with Gasteiger partial charge in [-0.3, -0.25) is 9.69 Å². The molecule has 3 heterocycles. The first-order valence-corrected chi connectivity index (χ1v) is 11.0. The van der Waals surface area contributed by atoms with Gasteiger partial charge >= 0.3 is 0 Å². The summed E-state index contributed by atoms with van der Waals surface area (Å²) in [5.41, 5.74) is 1.03. The number of halogens is 1. The van der Waals surface area contributed by atoms with Gasteiger partial charge in [0.2, 0.25) is 0 Å². The molecule has 3 aromatic rings. The van der Waals surface area contributed by atoms with Crippen LogP contribution in [0.4, 0.5) is 0 Å². The topological polar surface area (TPSA) is 81.5 Å². The summed E-state index contributed by atoms with van der Waals surface area (Å²) in [5, 5.41) is 0.662. The largest absolute Gasteiger partial charge is 0.379 e. The van der Waals surface area contributed by atoms with Crippen LogP contribution in [0.1, 0.15) is 23.0 Å². The molecule has 0 unspecified atom stereocenters. The van der Waals surface area contributed by atoms with Crippen LogP contribution in [0, 0.1) is 0 Å². The predicted molar refractivity (Wildman–Crippen MR) is 110 cm³/mol. The van der Waals surface area contributed by atoms with E-state index in [0.29, 0.717) is 43.9 Å². The van der Waals surface area contributed by atoms with Gasteiger partial charge in [0.15, 0.2) is 11.4 Å². The summed E-state index contributed by atoms with van der Waals surface area (Å²) in [6.45, 7) is 4.40. The van der Waals surface area contributed by atoms with Gasteiger partial charge in [0.05, 0.1) is 34.4 Å². The van der Waals surface area contributed by atoms with Crippen molar-refractivity contribution in [2.45, 2.75) is 18.4 Å². The fraction of sp³-hybridized carbons (Fsp3) is 0.300. The maximum absolute atomic E-state index is 13.5. The lowest BCUT2D eigenvalue weighted by Gasteiger charge is -2.26. The summed E-state index contributed by atoms with van der Waals surface area (Å²) < 4.78 is 33.6. The second kappa shape index (κ2) is 7.87. The molecule has 0 bridgehead atoms. The molecule has 1 aliphatic rings. The number of fused-ring (bicyclic) bond motifs is 1. The van der Waals surface area contributed by atoms with Crippen molar-refractivity contribution in [3.05, 3.63) is 58.9 Å². The van der Waals surface area contributed by atoms with Crippen LogP contribution in [0.5, 0.6) is 0 Å². The highest BCUT2D eigenvalue weighted by molar-refractivity contribution is 7.90. The van der Waals surface area contributed by atoms with Crippen LogP contribution in [-0.2, 0) is 21.3 Å². The van der Waals surface area contributed by atoms with Crippen molar-refractivity contribution in [3.63, 3.8) is 0 Å². The molecule has 4 rings (SSSR count). The number of rotatable bonds is 5. The number of carbonyl (C=O) groups excluding carboxylic acids is 1. The Hall–Kier alpha value is -2.26. The third-order valence-corrected chi connectivity index (χ3v) is 7.11. The number of hydrogen-bond acceptors (Lipinski definition) is 6. The van der Waals surface area contributed by atoms with Gasteiger partial charge in [-0.15, -0.1) is 0 Å². The van der Waals surface area contributed by atoms with Gasteiger partial charge in [0.1, 0.15) is 0 Å². The second-order valence-corrected chi connectivity index (χ2v) is 9.05. The molecule has 0 radical (unpaired) electrons. The van der Waals surface area contributed by atoms with Gasteiger partial charge < -0.3 is 4.74 Å². The van der Waals surface area contributed by atoms with Gasteiger partial charge in [-0.2, -0.15) is 0 Å². The minimum absolute atomic E-state index is 0.161. The number of nitrogens with zero attached hydrogens (tertiary/aromatic N) is 3. The number of carbonyl (C=O) groups is 1. The molecule has 1 aliphatic heterocycles. The third-order valence-electron chi connectivity index (χ3n) is 4.94. The highest BCUT2D eigenvalue weighted by Crippen LogP contribution is 2.32. The average Bonchev–Trinajstić information content (AvgIpc) is 3.09. The van der Waals surface area contributed by atoms with Crippen molar-refractivity contribution in [1.82, 2.24) is 13.9 Å². The molecule has 1 aromatic carbocycles. The van der Waals surface area contributed by atoms with E-state index in [1.54, 1.807) is 36.4 Å². The zero-order valence-corrected chi connectivity index (χ0v) is 17.4. The van der Waals surface area contributed by atoms with Crippen LogP contribution in [-0.4, -0.2) is 54.4 Å². The van der Waals surface area contributed by atoms with Gasteiger partial charge in [0, 0.05) is 31.2 Å². The molecular formula is C20H20ClN3O4S. The molecule has 0 aliphatic carbocycles. The first kappa shape index (κ1) is 20.0. The molecule has 1 saturated heterocycles. The molecule has 0 spiro atoms. The lowest BCUT2D eigenvalue weighted by molar-refractivity contribution is 0.0336. The molecule has 152 valence electrons. The number of hydrogen-bond donors (Lipinski definition) is 0. The molecule has 1 fully saturated rings. The molecule has 0 atom stereocenters.